The molecule has 1 aliphatic rings. The molecular formula is C16H13N5O2S. The Kier molecular flexibility index (Phi) is 3.73. The van der Waals surface area contributed by atoms with Gasteiger partial charge in [-0.15, -0.1) is 11.8 Å². The Morgan fingerprint density at radius 1 is 1.08 bits per heavy atom. The number of fused-ring (bicyclic) bond motifs is 2. The summed E-state index contributed by atoms with van der Waals surface area (Å²) < 4.78 is 0. The van der Waals surface area contributed by atoms with E-state index in [9.17, 15) is 9.59 Å². The Balaban J connectivity index is 1.38. The van der Waals surface area contributed by atoms with Crippen LogP contribution in [0.2, 0.25) is 0 Å². The van der Waals surface area contributed by atoms with Gasteiger partial charge in [-0.3, -0.25) is 19.6 Å². The van der Waals surface area contributed by atoms with Crippen molar-refractivity contribution in [3.63, 3.8) is 0 Å². The fourth-order valence-corrected chi connectivity index (χ4v) is 3.58. The number of hydrogen-bond acceptors (Lipinski definition) is 6. The van der Waals surface area contributed by atoms with E-state index in [0.29, 0.717) is 29.7 Å². The molecule has 1 N–H and O–H groups in total. The van der Waals surface area contributed by atoms with Gasteiger partial charge in [-0.1, -0.05) is 12.1 Å². The van der Waals surface area contributed by atoms with E-state index in [0.717, 1.165) is 16.2 Å². The van der Waals surface area contributed by atoms with Gasteiger partial charge >= 0.3 is 0 Å². The second kappa shape index (κ2) is 6.04. The molecule has 7 nitrogen and oxygen atoms in total. The standard InChI is InChI=1S/C16H13N5O2S/c22-15-10-4-1-2-5-11(10)16(23)21(15)6-3-7-24-14-12-8-19-20-13(12)17-9-18-14/h1-2,4-5,8-9H,3,6-7H2,(H,17,18,19,20). The lowest BCUT2D eigenvalue weighted by Crippen LogP contribution is -2.31. The molecule has 8 heteroatoms. The van der Waals surface area contributed by atoms with Crippen LogP contribution in [-0.2, 0) is 0 Å². The predicted molar refractivity (Wildman–Crippen MR) is 88.8 cm³/mol. The van der Waals surface area contributed by atoms with Crippen molar-refractivity contribution in [1.82, 2.24) is 25.1 Å². The quantitative estimate of drug-likeness (QED) is 0.331. The summed E-state index contributed by atoms with van der Waals surface area (Å²) >= 11 is 1.56. The van der Waals surface area contributed by atoms with Gasteiger partial charge in [-0.2, -0.15) is 5.10 Å². The average Bonchev–Trinajstić information content (AvgIpc) is 3.18. The summed E-state index contributed by atoms with van der Waals surface area (Å²) in [7, 11) is 0. The van der Waals surface area contributed by atoms with Gasteiger partial charge in [-0.05, 0) is 18.6 Å². The summed E-state index contributed by atoms with van der Waals surface area (Å²) in [5.74, 6) is 0.324. The maximum atomic E-state index is 12.3. The van der Waals surface area contributed by atoms with E-state index in [1.165, 1.54) is 11.2 Å². The van der Waals surface area contributed by atoms with Gasteiger partial charge in [0.05, 0.1) is 22.7 Å². The first-order valence-electron chi connectivity index (χ1n) is 7.48. The molecular weight excluding hydrogens is 326 g/mol. The lowest BCUT2D eigenvalue weighted by Gasteiger charge is -2.13. The van der Waals surface area contributed by atoms with Gasteiger partial charge in [-0.25, -0.2) is 9.97 Å². The van der Waals surface area contributed by atoms with Crippen molar-refractivity contribution in [2.24, 2.45) is 0 Å². The number of benzene rings is 1. The van der Waals surface area contributed by atoms with Gasteiger partial charge in [0.15, 0.2) is 5.65 Å². The van der Waals surface area contributed by atoms with Gasteiger partial charge in [0, 0.05) is 12.3 Å². The van der Waals surface area contributed by atoms with Crippen molar-refractivity contribution in [3.05, 3.63) is 47.9 Å². The number of thioether (sulfide) groups is 1. The summed E-state index contributed by atoms with van der Waals surface area (Å²) in [6.07, 6.45) is 3.88. The first kappa shape index (κ1) is 14.8. The van der Waals surface area contributed by atoms with Crippen LogP contribution >= 0.6 is 11.8 Å². The summed E-state index contributed by atoms with van der Waals surface area (Å²) in [6, 6.07) is 6.94. The van der Waals surface area contributed by atoms with E-state index in [4.69, 9.17) is 0 Å². The number of carbonyl (C=O) groups is 2. The largest absolute Gasteiger partial charge is 0.274 e. The van der Waals surface area contributed by atoms with Crippen molar-refractivity contribution in [1.29, 1.82) is 0 Å². The molecule has 0 fully saturated rings. The highest BCUT2D eigenvalue weighted by Gasteiger charge is 2.34. The minimum Gasteiger partial charge on any atom is -0.274 e. The molecule has 0 atom stereocenters. The van der Waals surface area contributed by atoms with Crippen LogP contribution < -0.4 is 0 Å². The van der Waals surface area contributed by atoms with Crippen LogP contribution in [0.5, 0.6) is 0 Å². The number of nitrogens with zero attached hydrogens (tertiary/aromatic N) is 4. The zero-order chi connectivity index (χ0) is 16.5. The number of rotatable bonds is 5. The third-order valence-electron chi connectivity index (χ3n) is 3.85. The highest BCUT2D eigenvalue weighted by molar-refractivity contribution is 7.99. The molecule has 3 aromatic rings. The molecule has 1 aliphatic heterocycles. The number of carbonyl (C=O) groups excluding carboxylic acids is 2. The van der Waals surface area contributed by atoms with Gasteiger partial charge in [0.2, 0.25) is 0 Å². The predicted octanol–water partition coefficient (Wildman–Crippen LogP) is 2.13. The molecule has 2 amide bonds. The molecule has 4 rings (SSSR count). The lowest BCUT2D eigenvalue weighted by atomic mass is 10.1. The molecule has 3 heterocycles. The molecule has 0 radical (unpaired) electrons. The molecule has 120 valence electrons. The van der Waals surface area contributed by atoms with Crippen molar-refractivity contribution < 1.29 is 9.59 Å². The highest BCUT2D eigenvalue weighted by Crippen LogP contribution is 2.25. The number of imide groups is 1. The lowest BCUT2D eigenvalue weighted by molar-refractivity contribution is 0.0655. The highest BCUT2D eigenvalue weighted by atomic mass is 32.2. The summed E-state index contributed by atoms with van der Waals surface area (Å²) in [4.78, 5) is 34.2. The Bertz CT molecular complexity index is 904. The summed E-state index contributed by atoms with van der Waals surface area (Å²) in [5.41, 5.74) is 1.69. The van der Waals surface area contributed by atoms with Crippen LogP contribution in [0.4, 0.5) is 0 Å². The fraction of sp³-hybridized carbons (Fsp3) is 0.188. The Morgan fingerprint density at radius 2 is 1.83 bits per heavy atom. The van der Waals surface area contributed by atoms with Crippen molar-refractivity contribution in [2.75, 3.05) is 12.3 Å². The van der Waals surface area contributed by atoms with E-state index < -0.39 is 0 Å². The Labute approximate surface area is 141 Å². The maximum Gasteiger partial charge on any atom is 0.261 e. The molecule has 0 saturated heterocycles. The van der Waals surface area contributed by atoms with Gasteiger partial charge < -0.3 is 0 Å². The SMILES string of the molecule is O=C1c2ccccc2C(=O)N1CCCSc1ncnc2[nH]ncc12. The Hall–Kier alpha value is -2.74. The molecule has 0 saturated carbocycles. The number of H-pyrrole nitrogens is 1. The zero-order valence-electron chi connectivity index (χ0n) is 12.6. The van der Waals surface area contributed by atoms with Gasteiger partial charge in [0.25, 0.3) is 11.8 Å². The zero-order valence-corrected chi connectivity index (χ0v) is 13.4. The first-order chi connectivity index (χ1) is 11.8. The third-order valence-corrected chi connectivity index (χ3v) is 4.95. The third kappa shape index (κ3) is 2.44. The van der Waals surface area contributed by atoms with E-state index in [1.807, 2.05) is 0 Å². The van der Waals surface area contributed by atoms with Crippen molar-refractivity contribution in [2.45, 2.75) is 11.4 Å². The molecule has 0 bridgehead atoms. The van der Waals surface area contributed by atoms with Crippen LogP contribution in [0, 0.1) is 0 Å². The second-order valence-corrected chi connectivity index (χ2v) is 6.40. The van der Waals surface area contributed by atoms with Crippen LogP contribution in [-0.4, -0.2) is 49.2 Å². The molecule has 1 aromatic carbocycles. The number of aromatic nitrogens is 4. The van der Waals surface area contributed by atoms with Gasteiger partial charge in [0.1, 0.15) is 11.4 Å². The molecule has 0 unspecified atom stereocenters. The monoisotopic (exact) mass is 339 g/mol. The number of nitrogens with one attached hydrogen (secondary N) is 1. The average molecular weight is 339 g/mol. The minimum absolute atomic E-state index is 0.208. The van der Waals surface area contributed by atoms with E-state index in [1.54, 1.807) is 42.2 Å². The number of aromatic amines is 1. The molecule has 2 aromatic heterocycles. The second-order valence-electron chi connectivity index (χ2n) is 5.32. The van der Waals surface area contributed by atoms with E-state index in [-0.39, 0.29) is 11.8 Å². The topological polar surface area (TPSA) is 91.8 Å². The number of amides is 2. The number of hydrogen-bond donors (Lipinski definition) is 1. The normalized spacial score (nSPS) is 13.8. The first-order valence-corrected chi connectivity index (χ1v) is 8.46. The molecule has 0 spiro atoms. The van der Waals surface area contributed by atoms with Crippen molar-refractivity contribution >= 4 is 34.6 Å². The molecule has 0 aliphatic carbocycles. The minimum atomic E-state index is -0.208. The Morgan fingerprint density at radius 3 is 2.58 bits per heavy atom. The summed E-state index contributed by atoms with van der Waals surface area (Å²) in [6.45, 7) is 0.402. The molecule has 24 heavy (non-hydrogen) atoms. The maximum absolute atomic E-state index is 12.3. The smallest absolute Gasteiger partial charge is 0.261 e. The summed E-state index contributed by atoms with van der Waals surface area (Å²) in [5, 5.41) is 8.48. The van der Waals surface area contributed by atoms with Crippen molar-refractivity contribution in [3.8, 4) is 0 Å². The van der Waals surface area contributed by atoms with Crippen LogP contribution in [0.25, 0.3) is 11.0 Å². The van der Waals surface area contributed by atoms with E-state index >= 15 is 0 Å². The van der Waals surface area contributed by atoms with Crippen LogP contribution in [0.1, 0.15) is 27.1 Å². The van der Waals surface area contributed by atoms with Crippen LogP contribution in [0.15, 0.2) is 41.8 Å². The fourth-order valence-electron chi connectivity index (χ4n) is 2.69. The van der Waals surface area contributed by atoms with E-state index in [2.05, 4.69) is 20.2 Å². The van der Waals surface area contributed by atoms with Crippen LogP contribution in [0.3, 0.4) is 0 Å².